The van der Waals surface area contributed by atoms with Crippen molar-refractivity contribution in [2.24, 2.45) is 0 Å². The van der Waals surface area contributed by atoms with Crippen molar-refractivity contribution in [3.05, 3.63) is 53.9 Å². The van der Waals surface area contributed by atoms with Crippen LogP contribution in [0.2, 0.25) is 0 Å². The summed E-state index contributed by atoms with van der Waals surface area (Å²) in [5.41, 5.74) is 0.151. The summed E-state index contributed by atoms with van der Waals surface area (Å²) in [6.45, 7) is -4.92. The van der Waals surface area contributed by atoms with Crippen molar-refractivity contribution >= 4 is 12.4 Å². The Kier molecular flexibility index (Phi) is 6.90. The standard InChI is InChI=1S/C13H9BF3N2O.K/c15-14(16,17)11-3-5-12(6-4-11)20-9-10-2-1-7-19-13(10)8-18;/h1-7H,9H2;/q-1;+1. The average Bonchev–Trinajstić information content (AvgIpc) is 2.45. The minimum absolute atomic E-state index is 0. The summed E-state index contributed by atoms with van der Waals surface area (Å²) in [6, 6.07) is 9.73. The van der Waals surface area contributed by atoms with E-state index in [1.807, 2.05) is 6.07 Å². The van der Waals surface area contributed by atoms with E-state index < -0.39 is 12.4 Å². The van der Waals surface area contributed by atoms with Crippen molar-refractivity contribution in [3.8, 4) is 11.8 Å². The molecule has 8 heteroatoms. The second kappa shape index (κ2) is 7.96. The van der Waals surface area contributed by atoms with Crippen LogP contribution in [0.15, 0.2) is 42.6 Å². The predicted molar refractivity (Wildman–Crippen MR) is 68.4 cm³/mol. The minimum atomic E-state index is -5.00. The van der Waals surface area contributed by atoms with Gasteiger partial charge in [-0.15, -0.1) is 5.46 Å². The van der Waals surface area contributed by atoms with Gasteiger partial charge in [0.2, 0.25) is 0 Å². The van der Waals surface area contributed by atoms with Gasteiger partial charge in [0.15, 0.2) is 0 Å². The minimum Gasteiger partial charge on any atom is -0.489 e. The Bertz CT molecular complexity index is 641. The summed E-state index contributed by atoms with van der Waals surface area (Å²) in [7, 11) is 0. The molecule has 1 aromatic heterocycles. The smallest absolute Gasteiger partial charge is 0.489 e. The molecule has 0 aliphatic rings. The molecule has 102 valence electrons. The predicted octanol–water partition coefficient (Wildman–Crippen LogP) is -0.409. The molecule has 0 saturated heterocycles. The van der Waals surface area contributed by atoms with Gasteiger partial charge in [-0.25, -0.2) is 4.98 Å². The normalized spacial score (nSPS) is 10.4. The number of hydrogen-bond donors (Lipinski definition) is 0. The Labute approximate surface area is 162 Å². The van der Waals surface area contributed by atoms with Crippen molar-refractivity contribution in [3.63, 3.8) is 0 Å². The first-order chi connectivity index (χ1) is 9.50. The zero-order valence-corrected chi connectivity index (χ0v) is 14.4. The Morgan fingerprint density at radius 1 is 1.14 bits per heavy atom. The van der Waals surface area contributed by atoms with E-state index in [4.69, 9.17) is 10.00 Å². The van der Waals surface area contributed by atoms with E-state index in [0.717, 1.165) is 12.1 Å². The van der Waals surface area contributed by atoms with E-state index in [9.17, 15) is 12.9 Å². The van der Waals surface area contributed by atoms with E-state index >= 15 is 0 Å². The van der Waals surface area contributed by atoms with Crippen LogP contribution in [0.25, 0.3) is 0 Å². The summed E-state index contributed by atoms with van der Waals surface area (Å²) in [6.07, 6.45) is 1.49. The first kappa shape index (κ1) is 18.2. The van der Waals surface area contributed by atoms with Crippen LogP contribution in [0, 0.1) is 11.3 Å². The zero-order valence-electron chi connectivity index (χ0n) is 11.3. The fraction of sp³-hybridized carbons (Fsp3) is 0.0769. The number of pyridine rings is 1. The quantitative estimate of drug-likeness (QED) is 0.721. The van der Waals surface area contributed by atoms with Crippen LogP contribution in [-0.4, -0.2) is 12.0 Å². The monoisotopic (exact) mass is 316 g/mol. The second-order valence-electron chi connectivity index (χ2n) is 4.06. The van der Waals surface area contributed by atoms with Gasteiger partial charge >= 0.3 is 58.4 Å². The number of nitrogens with zero attached hydrogens (tertiary/aromatic N) is 2. The van der Waals surface area contributed by atoms with Gasteiger partial charge in [-0.1, -0.05) is 18.2 Å². The number of rotatable bonds is 4. The van der Waals surface area contributed by atoms with E-state index in [1.165, 1.54) is 18.3 Å². The van der Waals surface area contributed by atoms with Crippen LogP contribution >= 0.6 is 0 Å². The van der Waals surface area contributed by atoms with Crippen molar-refractivity contribution in [2.75, 3.05) is 0 Å². The second-order valence-corrected chi connectivity index (χ2v) is 4.06. The Morgan fingerprint density at radius 2 is 1.81 bits per heavy atom. The molecule has 0 bridgehead atoms. The van der Waals surface area contributed by atoms with Crippen LogP contribution in [0.1, 0.15) is 11.3 Å². The first-order valence-corrected chi connectivity index (χ1v) is 5.77. The van der Waals surface area contributed by atoms with Crippen molar-refractivity contribution in [2.45, 2.75) is 6.61 Å². The van der Waals surface area contributed by atoms with Crippen LogP contribution in [0.5, 0.6) is 5.75 Å². The SMILES string of the molecule is N#Cc1ncccc1COc1ccc([B-](F)(F)F)cc1.[K+]. The topological polar surface area (TPSA) is 45.9 Å². The molecule has 2 rings (SSSR count). The van der Waals surface area contributed by atoms with Gasteiger partial charge in [-0.2, -0.15) is 5.26 Å². The number of aromatic nitrogens is 1. The third kappa shape index (κ3) is 5.13. The number of benzene rings is 1. The van der Waals surface area contributed by atoms with Gasteiger partial charge in [0.1, 0.15) is 24.1 Å². The van der Waals surface area contributed by atoms with Crippen molar-refractivity contribution in [1.29, 1.82) is 5.26 Å². The number of hydrogen-bond acceptors (Lipinski definition) is 3. The summed E-state index contributed by atoms with van der Waals surface area (Å²) in [5, 5.41) is 8.85. The number of ether oxygens (including phenoxy) is 1. The third-order valence-corrected chi connectivity index (χ3v) is 2.65. The van der Waals surface area contributed by atoms with Crippen LogP contribution < -0.4 is 61.6 Å². The summed E-state index contributed by atoms with van der Waals surface area (Å²) in [5.74, 6) is 0.307. The van der Waals surface area contributed by atoms with E-state index in [-0.39, 0.29) is 63.7 Å². The molecule has 0 aliphatic heterocycles. The molecule has 0 saturated carbocycles. The fourth-order valence-electron chi connectivity index (χ4n) is 1.60. The molecular weight excluding hydrogens is 307 g/mol. The molecule has 3 nitrogen and oxygen atoms in total. The van der Waals surface area contributed by atoms with Gasteiger partial charge < -0.3 is 17.7 Å². The van der Waals surface area contributed by atoms with Gasteiger partial charge in [0, 0.05) is 11.8 Å². The fourth-order valence-corrected chi connectivity index (χ4v) is 1.60. The summed E-state index contributed by atoms with van der Waals surface area (Å²) in [4.78, 5) is 3.87. The van der Waals surface area contributed by atoms with Gasteiger partial charge in [-0.05, 0) is 18.2 Å². The van der Waals surface area contributed by atoms with Crippen molar-refractivity contribution < 1.29 is 69.1 Å². The Morgan fingerprint density at radius 3 is 2.38 bits per heavy atom. The summed E-state index contributed by atoms with van der Waals surface area (Å²) >= 11 is 0. The maximum Gasteiger partial charge on any atom is 1.00 e. The molecule has 0 N–H and O–H groups in total. The third-order valence-electron chi connectivity index (χ3n) is 2.65. The van der Waals surface area contributed by atoms with E-state index in [1.54, 1.807) is 12.1 Å². The summed E-state index contributed by atoms with van der Waals surface area (Å²) < 4.78 is 42.7. The molecule has 21 heavy (non-hydrogen) atoms. The number of nitriles is 1. The van der Waals surface area contributed by atoms with Crippen molar-refractivity contribution in [1.82, 2.24) is 4.98 Å². The van der Waals surface area contributed by atoms with Gasteiger partial charge in [0.25, 0.3) is 0 Å². The molecule has 0 aliphatic carbocycles. The molecule has 0 unspecified atom stereocenters. The molecule has 0 fully saturated rings. The zero-order chi connectivity index (χ0) is 14.6. The van der Waals surface area contributed by atoms with Gasteiger partial charge in [0.05, 0.1) is 0 Å². The molecule has 0 amide bonds. The Hall–Kier alpha value is -0.849. The van der Waals surface area contributed by atoms with E-state index in [2.05, 4.69) is 4.98 Å². The molecule has 1 aromatic carbocycles. The molecule has 2 aromatic rings. The maximum absolute atomic E-state index is 12.4. The largest absolute Gasteiger partial charge is 1.00 e. The van der Waals surface area contributed by atoms with Crippen LogP contribution in [-0.2, 0) is 6.61 Å². The maximum atomic E-state index is 12.4. The molecule has 0 atom stereocenters. The van der Waals surface area contributed by atoms with Crippen LogP contribution in [0.4, 0.5) is 12.9 Å². The molecule has 0 spiro atoms. The van der Waals surface area contributed by atoms with Gasteiger partial charge in [-0.3, -0.25) is 0 Å². The molecule has 1 heterocycles. The van der Waals surface area contributed by atoms with E-state index in [0.29, 0.717) is 11.3 Å². The first-order valence-electron chi connectivity index (χ1n) is 5.77. The average molecular weight is 316 g/mol. The molecular formula is C13H9BF3KN2O. The Balaban J connectivity index is 0.00000220. The molecule has 0 radical (unpaired) electrons. The number of halogens is 3. The van der Waals surface area contributed by atoms with Crippen LogP contribution in [0.3, 0.4) is 0 Å².